The minimum absolute atomic E-state index is 0.237. The Morgan fingerprint density at radius 1 is 1.41 bits per heavy atom. The smallest absolute Gasteiger partial charge is 0.307 e. The van der Waals surface area contributed by atoms with E-state index < -0.39 is 0 Å². The first-order valence-corrected chi connectivity index (χ1v) is 5.39. The van der Waals surface area contributed by atoms with Crippen LogP contribution < -0.4 is 9.64 Å². The lowest BCUT2D eigenvalue weighted by Gasteiger charge is -2.20. The Balaban J connectivity index is 2.68. The Bertz CT molecular complexity index is 371. The molecule has 0 N–H and O–H groups in total. The number of hydrogen-bond donors (Lipinski definition) is 0. The van der Waals surface area contributed by atoms with Gasteiger partial charge in [0.1, 0.15) is 0 Å². The quantitative estimate of drug-likeness (QED) is 0.686. The molecule has 0 saturated carbocycles. The largest absolute Gasteiger partial charge is 0.480 e. The van der Waals surface area contributed by atoms with E-state index in [9.17, 15) is 4.79 Å². The Labute approximate surface area is 101 Å². The second-order valence-corrected chi connectivity index (χ2v) is 3.33. The summed E-state index contributed by atoms with van der Waals surface area (Å²) in [6, 6.07) is 0. The molecule has 0 amide bonds. The number of ether oxygens (including phenoxy) is 2. The Morgan fingerprint density at radius 2 is 2.18 bits per heavy atom. The molecule has 1 rings (SSSR count). The summed E-state index contributed by atoms with van der Waals surface area (Å²) in [5, 5.41) is 0. The molecule has 0 aliphatic heterocycles. The number of aromatic nitrogens is 2. The zero-order valence-electron chi connectivity index (χ0n) is 10.3. The minimum atomic E-state index is -0.237. The molecule has 0 fully saturated rings. The summed E-state index contributed by atoms with van der Waals surface area (Å²) >= 11 is 0. The van der Waals surface area contributed by atoms with Crippen molar-refractivity contribution in [2.45, 2.75) is 13.3 Å². The number of anilines is 1. The number of carbonyl (C=O) groups is 1. The Hall–Kier alpha value is -1.85. The third-order valence-corrected chi connectivity index (χ3v) is 2.33. The van der Waals surface area contributed by atoms with Crippen LogP contribution >= 0.6 is 0 Å². The molecule has 0 atom stereocenters. The van der Waals surface area contributed by atoms with Crippen molar-refractivity contribution >= 4 is 11.8 Å². The van der Waals surface area contributed by atoms with E-state index in [1.807, 2.05) is 11.8 Å². The van der Waals surface area contributed by atoms with Gasteiger partial charge < -0.3 is 14.4 Å². The fourth-order valence-corrected chi connectivity index (χ4v) is 1.35. The molecule has 17 heavy (non-hydrogen) atoms. The molecule has 0 bridgehead atoms. The number of hydrogen-bond acceptors (Lipinski definition) is 6. The highest BCUT2D eigenvalue weighted by Gasteiger charge is 2.10. The van der Waals surface area contributed by atoms with Crippen molar-refractivity contribution in [1.82, 2.24) is 9.97 Å². The molecular weight excluding hydrogens is 222 g/mol. The van der Waals surface area contributed by atoms with Gasteiger partial charge in [-0.1, -0.05) is 0 Å². The monoisotopic (exact) mass is 239 g/mol. The molecule has 6 nitrogen and oxygen atoms in total. The molecule has 6 heteroatoms. The van der Waals surface area contributed by atoms with Crippen molar-refractivity contribution in [3.8, 4) is 5.88 Å². The summed E-state index contributed by atoms with van der Waals surface area (Å²) in [5.74, 6) is 0.911. The summed E-state index contributed by atoms with van der Waals surface area (Å²) in [7, 11) is 2.92. The van der Waals surface area contributed by atoms with E-state index in [2.05, 4.69) is 14.7 Å². The van der Waals surface area contributed by atoms with Gasteiger partial charge in [-0.3, -0.25) is 9.78 Å². The predicted molar refractivity (Wildman–Crippen MR) is 63.1 cm³/mol. The Kier molecular flexibility index (Phi) is 5.19. The second-order valence-electron chi connectivity index (χ2n) is 3.33. The molecule has 0 unspecified atom stereocenters. The maximum Gasteiger partial charge on any atom is 0.307 e. The van der Waals surface area contributed by atoms with Gasteiger partial charge in [-0.25, -0.2) is 0 Å². The first-order chi connectivity index (χ1) is 8.21. The SMILES string of the molecule is CCN(CCC(=O)OC)c1cncc(OC)n1. The summed E-state index contributed by atoms with van der Waals surface area (Å²) in [6.45, 7) is 3.27. The summed E-state index contributed by atoms with van der Waals surface area (Å²) in [5.41, 5.74) is 0. The van der Waals surface area contributed by atoms with Crippen molar-refractivity contribution in [2.75, 3.05) is 32.2 Å². The maximum absolute atomic E-state index is 11.1. The van der Waals surface area contributed by atoms with Gasteiger partial charge in [-0.2, -0.15) is 4.98 Å². The van der Waals surface area contributed by atoms with E-state index in [-0.39, 0.29) is 5.97 Å². The van der Waals surface area contributed by atoms with Crippen molar-refractivity contribution in [1.29, 1.82) is 0 Å². The van der Waals surface area contributed by atoms with Gasteiger partial charge in [0.05, 0.1) is 33.0 Å². The lowest BCUT2D eigenvalue weighted by molar-refractivity contribution is -0.140. The van der Waals surface area contributed by atoms with E-state index >= 15 is 0 Å². The van der Waals surface area contributed by atoms with Crippen LogP contribution in [0.15, 0.2) is 12.4 Å². The highest BCUT2D eigenvalue weighted by Crippen LogP contribution is 2.13. The lowest BCUT2D eigenvalue weighted by Crippen LogP contribution is -2.27. The van der Waals surface area contributed by atoms with Gasteiger partial charge in [-0.15, -0.1) is 0 Å². The van der Waals surface area contributed by atoms with Gasteiger partial charge in [0.15, 0.2) is 5.82 Å². The molecule has 0 saturated heterocycles. The molecule has 0 radical (unpaired) electrons. The third kappa shape index (κ3) is 3.90. The lowest BCUT2D eigenvalue weighted by atomic mass is 10.3. The Morgan fingerprint density at radius 3 is 2.76 bits per heavy atom. The highest BCUT2D eigenvalue weighted by molar-refractivity contribution is 5.69. The number of methoxy groups -OCH3 is 2. The summed E-state index contributed by atoms with van der Waals surface area (Å²) < 4.78 is 9.60. The first-order valence-electron chi connectivity index (χ1n) is 5.39. The predicted octanol–water partition coefficient (Wildman–Crippen LogP) is 0.875. The van der Waals surface area contributed by atoms with E-state index in [0.29, 0.717) is 24.7 Å². The second kappa shape index (κ2) is 6.67. The van der Waals surface area contributed by atoms with Crippen LogP contribution in [0.1, 0.15) is 13.3 Å². The van der Waals surface area contributed by atoms with E-state index in [1.54, 1.807) is 13.3 Å². The van der Waals surface area contributed by atoms with Crippen molar-refractivity contribution in [2.24, 2.45) is 0 Å². The van der Waals surface area contributed by atoms with Crippen molar-refractivity contribution < 1.29 is 14.3 Å². The molecule has 94 valence electrons. The van der Waals surface area contributed by atoms with Gasteiger partial charge in [0, 0.05) is 13.1 Å². The average molecular weight is 239 g/mol. The number of rotatable bonds is 6. The number of esters is 1. The van der Waals surface area contributed by atoms with Gasteiger partial charge >= 0.3 is 5.97 Å². The zero-order chi connectivity index (χ0) is 12.7. The fourth-order valence-electron chi connectivity index (χ4n) is 1.35. The number of nitrogens with zero attached hydrogens (tertiary/aromatic N) is 3. The summed E-state index contributed by atoms with van der Waals surface area (Å²) in [4.78, 5) is 21.3. The van der Waals surface area contributed by atoms with Crippen LogP contribution in [0.2, 0.25) is 0 Å². The minimum Gasteiger partial charge on any atom is -0.480 e. The molecule has 0 aromatic carbocycles. The van der Waals surface area contributed by atoms with E-state index in [1.165, 1.54) is 13.3 Å². The molecular formula is C11H17N3O3. The van der Waals surface area contributed by atoms with Crippen LogP contribution in [-0.4, -0.2) is 43.2 Å². The molecule has 1 aromatic rings. The third-order valence-electron chi connectivity index (χ3n) is 2.33. The highest BCUT2D eigenvalue weighted by atomic mass is 16.5. The van der Waals surface area contributed by atoms with Crippen molar-refractivity contribution in [3.63, 3.8) is 0 Å². The topological polar surface area (TPSA) is 64.6 Å². The average Bonchev–Trinajstić information content (AvgIpc) is 2.39. The van der Waals surface area contributed by atoms with Gasteiger partial charge in [0.2, 0.25) is 5.88 Å². The van der Waals surface area contributed by atoms with Crippen molar-refractivity contribution in [3.05, 3.63) is 12.4 Å². The molecule has 0 spiro atoms. The maximum atomic E-state index is 11.1. The fraction of sp³-hybridized carbons (Fsp3) is 0.545. The van der Waals surface area contributed by atoms with Crippen LogP contribution in [0.5, 0.6) is 5.88 Å². The van der Waals surface area contributed by atoms with Crippen LogP contribution in [0.25, 0.3) is 0 Å². The van der Waals surface area contributed by atoms with Crippen LogP contribution in [0.4, 0.5) is 5.82 Å². The van der Waals surface area contributed by atoms with E-state index in [4.69, 9.17) is 4.74 Å². The zero-order valence-corrected chi connectivity index (χ0v) is 10.3. The van der Waals surface area contributed by atoms with Crippen LogP contribution in [0.3, 0.4) is 0 Å². The van der Waals surface area contributed by atoms with E-state index in [0.717, 1.165) is 6.54 Å². The summed E-state index contributed by atoms with van der Waals surface area (Å²) in [6.07, 6.45) is 3.50. The first kappa shape index (κ1) is 13.2. The van der Waals surface area contributed by atoms with Gasteiger partial charge in [-0.05, 0) is 6.92 Å². The van der Waals surface area contributed by atoms with Crippen LogP contribution in [0, 0.1) is 0 Å². The molecule has 1 heterocycles. The molecule has 0 aliphatic carbocycles. The molecule has 0 aliphatic rings. The number of carbonyl (C=O) groups excluding carboxylic acids is 1. The standard InChI is InChI=1S/C11H17N3O3/c1-4-14(6-5-11(15)17-3)9-7-12-8-10(13-9)16-2/h7-8H,4-6H2,1-3H3. The normalized spacial score (nSPS) is 9.82. The van der Waals surface area contributed by atoms with Gasteiger partial charge in [0.25, 0.3) is 0 Å². The molecule has 1 aromatic heterocycles. The van der Waals surface area contributed by atoms with Crippen LogP contribution in [-0.2, 0) is 9.53 Å².